The molecular weight excluding hydrogens is 324 g/mol. The van der Waals surface area contributed by atoms with E-state index in [1.54, 1.807) is 11.8 Å². The summed E-state index contributed by atoms with van der Waals surface area (Å²) in [6, 6.07) is 14.2. The third kappa shape index (κ3) is 3.96. The van der Waals surface area contributed by atoms with E-state index in [0.717, 1.165) is 41.9 Å². The van der Waals surface area contributed by atoms with Gasteiger partial charge in [0, 0.05) is 37.8 Å². The van der Waals surface area contributed by atoms with Crippen molar-refractivity contribution in [1.82, 2.24) is 0 Å². The van der Waals surface area contributed by atoms with Crippen LogP contribution in [0.1, 0.15) is 36.5 Å². The molecule has 136 valence electrons. The molecule has 0 spiro atoms. The minimum absolute atomic E-state index is 0.0400. The van der Waals surface area contributed by atoms with Crippen LogP contribution in [0.25, 0.3) is 0 Å². The number of fused-ring (bicyclic) bond motifs is 1. The first-order chi connectivity index (χ1) is 12.5. The van der Waals surface area contributed by atoms with Crippen LogP contribution in [0.3, 0.4) is 0 Å². The summed E-state index contributed by atoms with van der Waals surface area (Å²) in [6.07, 6.45) is 2.32. The number of hydrogen-bond acceptors (Lipinski definition) is 2. The molecule has 0 unspecified atom stereocenters. The molecule has 3 rings (SSSR count). The van der Waals surface area contributed by atoms with Crippen LogP contribution in [0.15, 0.2) is 42.5 Å². The number of carbonyl (C=O) groups is 2. The van der Waals surface area contributed by atoms with E-state index in [1.807, 2.05) is 49.1 Å². The molecule has 0 atom stereocenters. The van der Waals surface area contributed by atoms with E-state index in [1.165, 1.54) is 5.56 Å². The molecule has 4 heteroatoms. The van der Waals surface area contributed by atoms with Crippen LogP contribution in [-0.2, 0) is 16.0 Å². The Balaban J connectivity index is 1.74. The van der Waals surface area contributed by atoms with Gasteiger partial charge in [-0.25, -0.2) is 0 Å². The lowest BCUT2D eigenvalue weighted by Gasteiger charge is -2.30. The number of para-hydroxylation sites is 1. The molecule has 0 aliphatic carbocycles. The molecule has 0 saturated carbocycles. The second-order valence-electron chi connectivity index (χ2n) is 7.04. The van der Waals surface area contributed by atoms with Gasteiger partial charge < -0.3 is 9.80 Å². The van der Waals surface area contributed by atoms with Gasteiger partial charge in [-0.1, -0.05) is 24.3 Å². The van der Waals surface area contributed by atoms with Gasteiger partial charge in [-0.2, -0.15) is 0 Å². The smallest absolute Gasteiger partial charge is 0.228 e. The summed E-state index contributed by atoms with van der Waals surface area (Å²) < 4.78 is 0. The maximum Gasteiger partial charge on any atom is 0.228 e. The van der Waals surface area contributed by atoms with Crippen LogP contribution in [0.5, 0.6) is 0 Å². The van der Waals surface area contributed by atoms with Crippen LogP contribution in [-0.4, -0.2) is 24.9 Å². The first-order valence-electron chi connectivity index (χ1n) is 9.20. The third-order valence-corrected chi connectivity index (χ3v) is 4.86. The van der Waals surface area contributed by atoms with E-state index in [-0.39, 0.29) is 11.8 Å². The average Bonchev–Trinajstić information content (AvgIpc) is 2.60. The lowest BCUT2D eigenvalue weighted by molar-refractivity contribution is -0.118. The van der Waals surface area contributed by atoms with Crippen LogP contribution in [0, 0.1) is 13.8 Å². The van der Waals surface area contributed by atoms with Gasteiger partial charge in [-0.05, 0) is 61.6 Å². The summed E-state index contributed by atoms with van der Waals surface area (Å²) in [6.45, 7) is 6.74. The minimum Gasteiger partial charge on any atom is -0.312 e. The predicted molar refractivity (Wildman–Crippen MR) is 106 cm³/mol. The molecule has 0 N–H and O–H groups in total. The molecule has 2 aromatic carbocycles. The van der Waals surface area contributed by atoms with Crippen molar-refractivity contribution in [3.8, 4) is 0 Å². The Hall–Kier alpha value is -2.62. The molecule has 0 bridgehead atoms. The topological polar surface area (TPSA) is 40.6 Å². The number of rotatable bonds is 4. The van der Waals surface area contributed by atoms with E-state index in [0.29, 0.717) is 13.0 Å². The molecule has 0 fully saturated rings. The Bertz CT molecular complexity index is 808. The van der Waals surface area contributed by atoms with Crippen LogP contribution in [0.2, 0.25) is 0 Å². The summed E-state index contributed by atoms with van der Waals surface area (Å²) >= 11 is 0. The van der Waals surface area contributed by atoms with Gasteiger partial charge in [-0.15, -0.1) is 0 Å². The molecule has 26 heavy (non-hydrogen) atoms. The van der Waals surface area contributed by atoms with Crippen molar-refractivity contribution in [3.63, 3.8) is 0 Å². The van der Waals surface area contributed by atoms with Crippen LogP contribution < -0.4 is 9.80 Å². The number of amides is 2. The van der Waals surface area contributed by atoms with Crippen molar-refractivity contribution < 1.29 is 9.59 Å². The fraction of sp³-hybridized carbons (Fsp3) is 0.364. The molecule has 1 aliphatic rings. The molecule has 2 amide bonds. The van der Waals surface area contributed by atoms with Gasteiger partial charge in [0.1, 0.15) is 0 Å². The van der Waals surface area contributed by atoms with E-state index in [9.17, 15) is 9.59 Å². The van der Waals surface area contributed by atoms with Crippen molar-refractivity contribution in [1.29, 1.82) is 0 Å². The highest BCUT2D eigenvalue weighted by Crippen LogP contribution is 2.27. The molecular formula is C22H26N2O2. The SMILES string of the molecule is CC(=O)N(CCC(=O)N1CCCc2ccccc21)c1cc(C)cc(C)c1. The molecule has 4 nitrogen and oxygen atoms in total. The molecule has 0 radical (unpaired) electrons. The Morgan fingerprint density at radius 3 is 2.46 bits per heavy atom. The zero-order chi connectivity index (χ0) is 18.7. The van der Waals surface area contributed by atoms with E-state index in [2.05, 4.69) is 12.1 Å². The number of aryl methyl sites for hydroxylation is 3. The van der Waals surface area contributed by atoms with Crippen LogP contribution >= 0.6 is 0 Å². The molecule has 1 aliphatic heterocycles. The predicted octanol–water partition coefficient (Wildman–Crippen LogP) is 4.03. The quantitative estimate of drug-likeness (QED) is 0.835. The van der Waals surface area contributed by atoms with Crippen molar-refractivity contribution >= 4 is 23.2 Å². The number of benzene rings is 2. The summed E-state index contributed by atoms with van der Waals surface area (Å²) in [5, 5.41) is 0. The fourth-order valence-corrected chi connectivity index (χ4v) is 3.71. The Labute approximate surface area is 155 Å². The zero-order valence-electron chi connectivity index (χ0n) is 15.8. The standard InChI is InChI=1S/C22H26N2O2/c1-16-13-17(2)15-20(14-16)23(18(3)25)12-10-22(26)24-11-6-8-19-7-4-5-9-21(19)24/h4-5,7,9,13-15H,6,8,10-12H2,1-3H3. The number of carbonyl (C=O) groups excluding carboxylic acids is 2. The summed E-state index contributed by atoms with van der Waals surface area (Å²) in [4.78, 5) is 28.6. The van der Waals surface area contributed by atoms with Gasteiger partial charge in [0.2, 0.25) is 11.8 Å². The maximum atomic E-state index is 12.8. The summed E-state index contributed by atoms with van der Waals surface area (Å²) in [7, 11) is 0. The highest BCUT2D eigenvalue weighted by atomic mass is 16.2. The van der Waals surface area contributed by atoms with Gasteiger partial charge in [-0.3, -0.25) is 9.59 Å². The summed E-state index contributed by atoms with van der Waals surface area (Å²) in [5.41, 5.74) is 5.33. The monoisotopic (exact) mass is 350 g/mol. The second kappa shape index (κ2) is 7.73. The molecule has 0 aromatic heterocycles. The van der Waals surface area contributed by atoms with Gasteiger partial charge >= 0.3 is 0 Å². The Kier molecular flexibility index (Phi) is 5.40. The van der Waals surface area contributed by atoms with Crippen molar-refractivity contribution in [3.05, 3.63) is 59.2 Å². The number of hydrogen-bond donors (Lipinski definition) is 0. The molecule has 1 heterocycles. The Morgan fingerprint density at radius 1 is 1.08 bits per heavy atom. The fourth-order valence-electron chi connectivity index (χ4n) is 3.71. The Morgan fingerprint density at radius 2 is 1.77 bits per heavy atom. The zero-order valence-corrected chi connectivity index (χ0v) is 15.8. The normalized spacial score (nSPS) is 13.3. The average molecular weight is 350 g/mol. The van der Waals surface area contributed by atoms with Crippen LogP contribution in [0.4, 0.5) is 11.4 Å². The second-order valence-corrected chi connectivity index (χ2v) is 7.04. The maximum absolute atomic E-state index is 12.8. The highest BCUT2D eigenvalue weighted by molar-refractivity contribution is 5.97. The number of anilines is 2. The van der Waals surface area contributed by atoms with Gasteiger partial charge in [0.25, 0.3) is 0 Å². The molecule has 2 aromatic rings. The van der Waals surface area contributed by atoms with Gasteiger partial charge in [0.05, 0.1) is 0 Å². The van der Waals surface area contributed by atoms with Crippen molar-refractivity contribution in [2.45, 2.75) is 40.0 Å². The minimum atomic E-state index is -0.0400. The largest absolute Gasteiger partial charge is 0.312 e. The van der Waals surface area contributed by atoms with Gasteiger partial charge in [0.15, 0.2) is 0 Å². The van der Waals surface area contributed by atoms with E-state index >= 15 is 0 Å². The summed E-state index contributed by atoms with van der Waals surface area (Å²) in [5.74, 6) is 0.0367. The lowest BCUT2D eigenvalue weighted by atomic mass is 10.0. The van der Waals surface area contributed by atoms with E-state index < -0.39 is 0 Å². The number of nitrogens with zero attached hydrogens (tertiary/aromatic N) is 2. The van der Waals surface area contributed by atoms with E-state index in [4.69, 9.17) is 0 Å². The first kappa shape index (κ1) is 18.2. The highest BCUT2D eigenvalue weighted by Gasteiger charge is 2.23. The first-order valence-corrected chi connectivity index (χ1v) is 9.20. The molecule has 0 saturated heterocycles. The van der Waals surface area contributed by atoms with Crippen molar-refractivity contribution in [2.24, 2.45) is 0 Å². The third-order valence-electron chi connectivity index (χ3n) is 4.86. The lowest BCUT2D eigenvalue weighted by Crippen LogP contribution is -2.39. The van der Waals surface area contributed by atoms with Crippen molar-refractivity contribution in [2.75, 3.05) is 22.9 Å².